The number of hydrogen-bond donors (Lipinski definition) is 2. The molecule has 3 aromatic rings. The zero-order chi connectivity index (χ0) is 27.0. The zero-order valence-corrected chi connectivity index (χ0v) is 22.0. The van der Waals surface area contributed by atoms with Crippen molar-refractivity contribution in [3.8, 4) is 17.0 Å². The van der Waals surface area contributed by atoms with Crippen molar-refractivity contribution in [2.45, 2.75) is 44.6 Å². The van der Waals surface area contributed by atoms with Crippen molar-refractivity contribution in [3.05, 3.63) is 60.0 Å². The normalized spacial score (nSPS) is 17.0. The summed E-state index contributed by atoms with van der Waals surface area (Å²) in [6, 6.07) is 10.0. The van der Waals surface area contributed by atoms with Gasteiger partial charge in [-0.3, -0.25) is 4.79 Å². The highest BCUT2D eigenvalue weighted by Gasteiger charge is 2.41. The minimum atomic E-state index is -4.31. The maximum atomic E-state index is 14.8. The number of hydrogen-bond acceptors (Lipinski definition) is 8. The summed E-state index contributed by atoms with van der Waals surface area (Å²) in [5.41, 5.74) is 5.88. The van der Waals surface area contributed by atoms with Gasteiger partial charge in [0.25, 0.3) is 15.9 Å². The van der Waals surface area contributed by atoms with E-state index in [-0.39, 0.29) is 39.1 Å². The van der Waals surface area contributed by atoms with Crippen molar-refractivity contribution in [1.29, 1.82) is 0 Å². The van der Waals surface area contributed by atoms with Gasteiger partial charge in [0.05, 0.1) is 17.9 Å². The third-order valence-corrected chi connectivity index (χ3v) is 8.28. The average Bonchev–Trinajstić information content (AvgIpc) is 3.11. The molecule has 196 valence electrons. The Balaban J connectivity index is 1.81. The Labute approximate surface area is 215 Å². The zero-order valence-electron chi connectivity index (χ0n) is 21.2. The van der Waals surface area contributed by atoms with Crippen molar-refractivity contribution < 1.29 is 22.3 Å². The van der Waals surface area contributed by atoms with E-state index in [0.29, 0.717) is 24.6 Å². The van der Waals surface area contributed by atoms with Gasteiger partial charge in [-0.25, -0.2) is 27.5 Å². The van der Waals surface area contributed by atoms with Crippen LogP contribution in [0.5, 0.6) is 5.75 Å². The van der Waals surface area contributed by atoms with Crippen LogP contribution >= 0.6 is 0 Å². The fourth-order valence-electron chi connectivity index (χ4n) is 4.41. The van der Waals surface area contributed by atoms with Crippen molar-refractivity contribution >= 4 is 27.6 Å². The summed E-state index contributed by atoms with van der Waals surface area (Å²) in [6.07, 6.45) is 2.20. The first-order valence-corrected chi connectivity index (χ1v) is 13.4. The number of benzene rings is 1. The van der Waals surface area contributed by atoms with Crippen LogP contribution in [0.4, 0.5) is 16.0 Å². The number of carbonyl (C=O) groups is 1. The predicted molar refractivity (Wildman–Crippen MR) is 139 cm³/mol. The molecule has 0 radical (unpaired) electrons. The average molecular weight is 528 g/mol. The number of nitrogens with two attached hydrogens (primary N) is 1. The number of sulfonamides is 1. The number of nitrogens with one attached hydrogen (secondary N) is 1. The van der Waals surface area contributed by atoms with Gasteiger partial charge in [0.15, 0.2) is 0 Å². The molecule has 0 aliphatic carbocycles. The molecule has 0 bridgehead atoms. The SMILES string of the molecule is CCOc1ccc(F)c(-c2ccc(C(=O)NS(=O)(=O)c3cccnc3N)c(N3CCC(C)C3(C)C)n2)c1. The van der Waals surface area contributed by atoms with Crippen LogP contribution in [-0.2, 0) is 10.0 Å². The molecule has 1 amide bonds. The number of amides is 1. The number of anilines is 2. The second-order valence-electron chi connectivity index (χ2n) is 9.46. The van der Waals surface area contributed by atoms with Crippen LogP contribution in [0.2, 0.25) is 0 Å². The minimum absolute atomic E-state index is 0.0401. The van der Waals surface area contributed by atoms with Crippen LogP contribution < -0.4 is 20.1 Å². The molecule has 9 nitrogen and oxygen atoms in total. The molecule has 37 heavy (non-hydrogen) atoms. The predicted octanol–water partition coefficient (Wildman–Crippen LogP) is 4.01. The lowest BCUT2D eigenvalue weighted by molar-refractivity contribution is 0.0981. The molecular weight excluding hydrogens is 497 g/mol. The van der Waals surface area contributed by atoms with E-state index in [9.17, 15) is 17.6 Å². The maximum absolute atomic E-state index is 14.8. The van der Waals surface area contributed by atoms with E-state index in [1.165, 1.54) is 42.6 Å². The first kappa shape index (κ1) is 26.3. The molecule has 0 saturated carbocycles. The minimum Gasteiger partial charge on any atom is -0.494 e. The van der Waals surface area contributed by atoms with E-state index in [0.717, 1.165) is 6.42 Å². The highest BCUT2D eigenvalue weighted by molar-refractivity contribution is 7.90. The van der Waals surface area contributed by atoms with E-state index >= 15 is 0 Å². The Morgan fingerprint density at radius 1 is 1.27 bits per heavy atom. The Bertz CT molecular complexity index is 1440. The van der Waals surface area contributed by atoms with E-state index < -0.39 is 21.7 Å². The molecule has 1 aromatic carbocycles. The molecule has 0 spiro atoms. The first-order chi connectivity index (χ1) is 17.5. The van der Waals surface area contributed by atoms with Crippen LogP contribution in [0.25, 0.3) is 11.3 Å². The summed E-state index contributed by atoms with van der Waals surface area (Å²) < 4.78 is 48.3. The Kier molecular flexibility index (Phi) is 7.09. The van der Waals surface area contributed by atoms with Crippen LogP contribution in [-0.4, -0.2) is 43.0 Å². The number of aromatic nitrogens is 2. The summed E-state index contributed by atoms with van der Waals surface area (Å²) in [6.45, 7) is 9.00. The standard InChI is InChI=1S/C26H30FN5O4S/c1-5-36-17-8-10-20(27)19(15-17)21-11-9-18(24(30-21)32-14-12-16(2)26(32,3)4)25(33)31-37(34,35)22-7-6-13-29-23(22)28/h6-11,13,15-16H,5,12,14H2,1-4H3,(H2,28,29)(H,31,33). The van der Waals surface area contributed by atoms with E-state index in [2.05, 4.69) is 16.6 Å². The summed E-state index contributed by atoms with van der Waals surface area (Å²) in [4.78, 5) is 23.5. The molecule has 2 aromatic heterocycles. The van der Waals surface area contributed by atoms with Gasteiger partial charge in [-0.1, -0.05) is 6.92 Å². The van der Waals surface area contributed by atoms with Crippen molar-refractivity contribution in [2.24, 2.45) is 5.92 Å². The number of ether oxygens (including phenoxy) is 1. The third kappa shape index (κ3) is 5.08. The van der Waals surface area contributed by atoms with Crippen molar-refractivity contribution in [2.75, 3.05) is 23.8 Å². The molecule has 1 unspecified atom stereocenters. The fourth-order valence-corrected chi connectivity index (χ4v) is 5.46. The smallest absolute Gasteiger partial charge is 0.268 e. The van der Waals surface area contributed by atoms with Gasteiger partial charge in [-0.15, -0.1) is 0 Å². The highest BCUT2D eigenvalue weighted by atomic mass is 32.2. The highest BCUT2D eigenvalue weighted by Crippen LogP contribution is 2.40. The van der Waals surface area contributed by atoms with Gasteiger partial charge in [0.2, 0.25) is 0 Å². The van der Waals surface area contributed by atoms with Crippen LogP contribution in [0, 0.1) is 11.7 Å². The third-order valence-electron chi connectivity index (χ3n) is 6.90. The lowest BCUT2D eigenvalue weighted by Crippen LogP contribution is -2.43. The van der Waals surface area contributed by atoms with Crippen molar-refractivity contribution in [3.63, 3.8) is 0 Å². The summed E-state index contributed by atoms with van der Waals surface area (Å²) >= 11 is 0. The second-order valence-corrected chi connectivity index (χ2v) is 11.1. The molecule has 1 fully saturated rings. The summed E-state index contributed by atoms with van der Waals surface area (Å²) in [5, 5.41) is 0. The fraction of sp³-hybridized carbons (Fsp3) is 0.346. The molecule has 1 saturated heterocycles. The van der Waals surface area contributed by atoms with Gasteiger partial charge in [0.1, 0.15) is 28.1 Å². The van der Waals surface area contributed by atoms with Crippen LogP contribution in [0.3, 0.4) is 0 Å². The Morgan fingerprint density at radius 3 is 2.68 bits per heavy atom. The number of nitrogens with zero attached hydrogens (tertiary/aromatic N) is 3. The lowest BCUT2D eigenvalue weighted by atomic mass is 9.90. The monoisotopic (exact) mass is 527 g/mol. The molecule has 1 aliphatic heterocycles. The van der Waals surface area contributed by atoms with E-state index in [1.54, 1.807) is 6.07 Å². The van der Waals surface area contributed by atoms with Crippen LogP contribution in [0.15, 0.2) is 53.6 Å². The number of nitrogen functional groups attached to an aromatic ring is 1. The maximum Gasteiger partial charge on any atom is 0.268 e. The first-order valence-electron chi connectivity index (χ1n) is 11.9. The molecule has 3 heterocycles. The Morgan fingerprint density at radius 2 is 2.03 bits per heavy atom. The Hall–Kier alpha value is -3.73. The number of halogens is 1. The van der Waals surface area contributed by atoms with E-state index in [1.807, 2.05) is 25.7 Å². The van der Waals surface area contributed by atoms with Gasteiger partial charge in [0, 0.05) is 23.8 Å². The van der Waals surface area contributed by atoms with Gasteiger partial charge < -0.3 is 15.4 Å². The molecular formula is C26H30FN5O4S. The van der Waals surface area contributed by atoms with Crippen molar-refractivity contribution in [1.82, 2.24) is 14.7 Å². The second kappa shape index (κ2) is 9.97. The molecule has 1 atom stereocenters. The number of pyridine rings is 2. The van der Waals surface area contributed by atoms with Gasteiger partial charge in [-0.05, 0) is 75.6 Å². The van der Waals surface area contributed by atoms with Gasteiger partial charge >= 0.3 is 0 Å². The molecule has 3 N–H and O–H groups in total. The van der Waals surface area contributed by atoms with Gasteiger partial charge in [-0.2, -0.15) is 0 Å². The van der Waals surface area contributed by atoms with E-state index in [4.69, 9.17) is 15.5 Å². The number of carbonyl (C=O) groups excluding carboxylic acids is 1. The molecule has 11 heteroatoms. The lowest BCUT2D eigenvalue weighted by Gasteiger charge is -2.36. The molecule has 1 aliphatic rings. The van der Waals surface area contributed by atoms with Crippen LogP contribution in [0.1, 0.15) is 44.5 Å². The largest absolute Gasteiger partial charge is 0.494 e. The summed E-state index contributed by atoms with van der Waals surface area (Å²) in [7, 11) is -4.31. The number of rotatable bonds is 7. The topological polar surface area (TPSA) is 128 Å². The molecule has 4 rings (SSSR count). The quantitative estimate of drug-likeness (QED) is 0.472. The summed E-state index contributed by atoms with van der Waals surface area (Å²) in [5.74, 6) is -0.584.